The van der Waals surface area contributed by atoms with Gasteiger partial charge in [0.25, 0.3) is 0 Å². The van der Waals surface area contributed by atoms with Gasteiger partial charge >= 0.3 is 11.7 Å². The minimum Gasteiger partial charge on any atom is -0.341 e. The zero-order valence-electron chi connectivity index (χ0n) is 32.4. The standard InChI is InChI=1S/C45H54N8O3/c54-43(51-20-16-36(17-21-51)50-26-24-49(25-27-50)31-32-8-2-1-3-9-32)40(29-33-14-15-34-10-4-5-11-35(34)28-33)47-44(55)52-22-18-37(19-23-52)53-41-30-46-39-13-7-6-12-38(39)42(41)48-45(53)56/h1-3,6-9,12-15,28,30,36-37,40H,4-5,10-11,16-27,29,31H2,(H,47,55)(H,48,56)/t40-/m1/s1. The first-order valence-electron chi connectivity index (χ1n) is 20.9. The second-order valence-electron chi connectivity index (χ2n) is 16.4. The lowest BCUT2D eigenvalue weighted by Gasteiger charge is -2.43. The number of piperazine rings is 1. The summed E-state index contributed by atoms with van der Waals surface area (Å²) in [5.74, 6) is 0.0159. The zero-order chi connectivity index (χ0) is 38.0. The first-order chi connectivity index (χ1) is 27.5. The number of piperidine rings is 2. The third kappa shape index (κ3) is 7.71. The van der Waals surface area contributed by atoms with E-state index in [1.807, 2.05) is 38.6 Å². The number of hydrogen-bond acceptors (Lipinski definition) is 6. The molecule has 0 bridgehead atoms. The molecule has 0 spiro atoms. The lowest BCUT2D eigenvalue weighted by Crippen LogP contribution is -2.57. The molecule has 9 rings (SSSR count). The first-order valence-corrected chi connectivity index (χ1v) is 20.9. The van der Waals surface area contributed by atoms with Gasteiger partial charge in [-0.3, -0.25) is 24.1 Å². The van der Waals surface area contributed by atoms with E-state index >= 15 is 0 Å². The van der Waals surface area contributed by atoms with E-state index in [4.69, 9.17) is 0 Å². The quantitative estimate of drug-likeness (QED) is 0.216. The van der Waals surface area contributed by atoms with E-state index in [-0.39, 0.29) is 23.7 Å². The van der Waals surface area contributed by atoms with E-state index in [1.165, 1.54) is 29.5 Å². The number of para-hydroxylation sites is 1. The van der Waals surface area contributed by atoms with Gasteiger partial charge in [0.2, 0.25) is 5.91 Å². The smallest absolute Gasteiger partial charge is 0.326 e. The molecule has 3 amide bonds. The number of fused-ring (bicyclic) bond motifs is 4. The number of nitrogens with one attached hydrogen (secondary N) is 2. The average Bonchev–Trinajstić information content (AvgIpc) is 3.60. The second-order valence-corrected chi connectivity index (χ2v) is 16.4. The molecular formula is C45H54N8O3. The largest absolute Gasteiger partial charge is 0.341 e. The third-order valence-electron chi connectivity index (χ3n) is 13.0. The molecule has 11 heteroatoms. The molecule has 292 valence electrons. The SMILES string of the molecule is O=C(N[C@H](Cc1ccc2c(c1)CCCC2)C(=O)N1CCC(N2CCN(Cc3ccccc3)CC2)CC1)N1CCC(n2c(=O)[nH]c3c4ccccc4ncc32)CC1. The first kappa shape index (κ1) is 36.6. The monoisotopic (exact) mass is 754 g/mol. The van der Waals surface area contributed by atoms with Crippen molar-refractivity contribution in [3.63, 3.8) is 0 Å². The predicted octanol–water partition coefficient (Wildman–Crippen LogP) is 5.52. The van der Waals surface area contributed by atoms with Crippen LogP contribution < -0.4 is 11.0 Å². The molecule has 3 fully saturated rings. The van der Waals surface area contributed by atoms with Gasteiger partial charge in [0.15, 0.2) is 0 Å². The Morgan fingerprint density at radius 2 is 1.45 bits per heavy atom. The molecule has 5 heterocycles. The highest BCUT2D eigenvalue weighted by molar-refractivity contribution is 6.01. The van der Waals surface area contributed by atoms with Crippen molar-refractivity contribution in [2.45, 2.75) is 82.5 Å². The van der Waals surface area contributed by atoms with Crippen LogP contribution in [-0.4, -0.2) is 111 Å². The minimum atomic E-state index is -0.643. The third-order valence-corrected chi connectivity index (χ3v) is 13.0. The van der Waals surface area contributed by atoms with Crippen LogP contribution in [0.1, 0.15) is 66.8 Å². The van der Waals surface area contributed by atoms with Gasteiger partial charge in [0.05, 0.1) is 22.7 Å². The molecule has 2 N–H and O–H groups in total. The minimum absolute atomic E-state index is 0.0159. The number of nitrogens with zero attached hydrogens (tertiary/aromatic N) is 6. The van der Waals surface area contributed by atoms with Crippen LogP contribution in [0.2, 0.25) is 0 Å². The number of hydrogen-bond donors (Lipinski definition) is 2. The van der Waals surface area contributed by atoms with E-state index in [0.29, 0.717) is 51.5 Å². The Labute approximate surface area is 328 Å². The lowest BCUT2D eigenvalue weighted by atomic mass is 9.89. The van der Waals surface area contributed by atoms with Gasteiger partial charge in [-0.05, 0) is 79.7 Å². The molecule has 1 atom stereocenters. The number of imidazole rings is 1. The highest BCUT2D eigenvalue weighted by Gasteiger charge is 2.34. The fraction of sp³-hybridized carbons (Fsp3) is 0.467. The summed E-state index contributed by atoms with van der Waals surface area (Å²) in [6, 6.07) is 24.8. The summed E-state index contributed by atoms with van der Waals surface area (Å²) in [6.07, 6.45) is 10.1. The Morgan fingerprint density at radius 1 is 0.750 bits per heavy atom. The topological polar surface area (TPSA) is 110 Å². The van der Waals surface area contributed by atoms with Crippen molar-refractivity contribution in [3.05, 3.63) is 112 Å². The van der Waals surface area contributed by atoms with E-state index in [2.05, 4.69) is 73.6 Å². The molecule has 1 aliphatic carbocycles. The van der Waals surface area contributed by atoms with E-state index in [1.54, 1.807) is 6.20 Å². The number of carbonyl (C=O) groups is 2. The highest BCUT2D eigenvalue weighted by Crippen LogP contribution is 2.29. The van der Waals surface area contributed by atoms with Gasteiger partial charge in [-0.15, -0.1) is 0 Å². The number of urea groups is 1. The molecule has 3 aliphatic heterocycles. The number of aromatic amines is 1. The molecule has 4 aliphatic rings. The number of carbonyl (C=O) groups excluding carboxylic acids is 2. The van der Waals surface area contributed by atoms with Crippen LogP contribution in [-0.2, 0) is 30.6 Å². The Kier molecular flexibility index (Phi) is 10.6. The molecular weight excluding hydrogens is 701 g/mol. The van der Waals surface area contributed by atoms with Crippen molar-refractivity contribution in [1.82, 2.24) is 39.5 Å². The maximum Gasteiger partial charge on any atom is 0.326 e. The van der Waals surface area contributed by atoms with Gasteiger partial charge in [0.1, 0.15) is 6.04 Å². The second kappa shape index (κ2) is 16.2. The molecule has 0 unspecified atom stereocenters. The number of amides is 3. The van der Waals surface area contributed by atoms with Crippen molar-refractivity contribution < 1.29 is 9.59 Å². The van der Waals surface area contributed by atoms with Crippen LogP contribution in [0.5, 0.6) is 0 Å². The summed E-state index contributed by atoms with van der Waals surface area (Å²) in [7, 11) is 0. The summed E-state index contributed by atoms with van der Waals surface area (Å²) >= 11 is 0. The fourth-order valence-electron chi connectivity index (χ4n) is 9.80. The predicted molar refractivity (Wildman–Crippen MR) is 220 cm³/mol. The summed E-state index contributed by atoms with van der Waals surface area (Å²) < 4.78 is 1.82. The van der Waals surface area contributed by atoms with Crippen LogP contribution in [0.3, 0.4) is 0 Å². The van der Waals surface area contributed by atoms with Crippen molar-refractivity contribution >= 4 is 33.9 Å². The highest BCUT2D eigenvalue weighted by atomic mass is 16.2. The summed E-state index contributed by atoms with van der Waals surface area (Å²) in [4.78, 5) is 58.3. The number of benzene rings is 3. The maximum absolute atomic E-state index is 14.4. The van der Waals surface area contributed by atoms with E-state index < -0.39 is 6.04 Å². The molecule has 56 heavy (non-hydrogen) atoms. The Morgan fingerprint density at radius 3 is 2.23 bits per heavy atom. The van der Waals surface area contributed by atoms with Crippen LogP contribution >= 0.6 is 0 Å². The van der Waals surface area contributed by atoms with Crippen LogP contribution in [0, 0.1) is 0 Å². The summed E-state index contributed by atoms with van der Waals surface area (Å²) in [5.41, 5.74) is 7.55. The number of H-pyrrole nitrogens is 1. The molecule has 0 saturated carbocycles. The Balaban J connectivity index is 0.841. The molecule has 0 radical (unpaired) electrons. The lowest BCUT2D eigenvalue weighted by molar-refractivity contribution is -0.135. The Hall–Kier alpha value is -5.00. The van der Waals surface area contributed by atoms with Crippen LogP contribution in [0.15, 0.2) is 83.8 Å². The number of rotatable bonds is 8. The van der Waals surface area contributed by atoms with Gasteiger partial charge < -0.3 is 20.1 Å². The van der Waals surface area contributed by atoms with Gasteiger partial charge in [-0.1, -0.05) is 66.7 Å². The summed E-state index contributed by atoms with van der Waals surface area (Å²) in [6.45, 7) is 7.65. The summed E-state index contributed by atoms with van der Waals surface area (Å²) in [5, 5.41) is 4.14. The number of likely N-dealkylation sites (tertiary alicyclic amines) is 2. The molecule has 5 aromatic rings. The molecule has 11 nitrogen and oxygen atoms in total. The maximum atomic E-state index is 14.4. The van der Waals surface area contributed by atoms with Crippen LogP contribution in [0.25, 0.3) is 21.9 Å². The van der Waals surface area contributed by atoms with Crippen molar-refractivity contribution in [2.75, 3.05) is 52.4 Å². The van der Waals surface area contributed by atoms with Gasteiger partial charge in [-0.25, -0.2) is 9.59 Å². The van der Waals surface area contributed by atoms with E-state index in [0.717, 1.165) is 85.9 Å². The average molecular weight is 755 g/mol. The van der Waals surface area contributed by atoms with Crippen molar-refractivity contribution in [3.8, 4) is 0 Å². The van der Waals surface area contributed by atoms with E-state index in [9.17, 15) is 14.4 Å². The molecule has 3 aromatic carbocycles. The Bertz CT molecular complexity index is 2230. The number of pyridine rings is 1. The number of aromatic nitrogens is 3. The molecule has 3 saturated heterocycles. The molecule has 2 aromatic heterocycles. The van der Waals surface area contributed by atoms with Crippen molar-refractivity contribution in [2.24, 2.45) is 0 Å². The van der Waals surface area contributed by atoms with Gasteiger partial charge in [0, 0.05) is 82.8 Å². The van der Waals surface area contributed by atoms with Gasteiger partial charge in [-0.2, -0.15) is 0 Å². The fourth-order valence-corrected chi connectivity index (χ4v) is 9.80. The van der Waals surface area contributed by atoms with Crippen molar-refractivity contribution in [1.29, 1.82) is 0 Å². The normalized spacial score (nSPS) is 19.6. The van der Waals surface area contributed by atoms with Crippen LogP contribution in [0.4, 0.5) is 4.79 Å². The zero-order valence-corrected chi connectivity index (χ0v) is 32.4. The number of aryl methyl sites for hydroxylation is 2.